The van der Waals surface area contributed by atoms with Crippen LogP contribution in [-0.4, -0.2) is 46.7 Å². The Bertz CT molecular complexity index is 2020. The van der Waals surface area contributed by atoms with Crippen LogP contribution in [-0.2, 0) is 29.3 Å². The van der Waals surface area contributed by atoms with Crippen LogP contribution in [0, 0.1) is 11.6 Å². The Labute approximate surface area is 252 Å². The molecule has 16 heteroatoms. The lowest BCUT2D eigenvalue weighted by Crippen LogP contribution is -2.31. The number of hydroxylamine groups is 2. The van der Waals surface area contributed by atoms with Gasteiger partial charge in [0.25, 0.3) is 21.9 Å². The molecule has 2 heterocycles. The fourth-order valence-electron chi connectivity index (χ4n) is 4.57. The molecule has 0 radical (unpaired) electrons. The maximum Gasteiger partial charge on any atom is 0.514 e. The Morgan fingerprint density at radius 2 is 1.64 bits per heavy atom. The second kappa shape index (κ2) is 11.3. The number of amides is 2. The minimum atomic E-state index is -5.17. The van der Waals surface area contributed by atoms with Crippen LogP contribution in [0.5, 0.6) is 5.75 Å². The molecule has 0 spiro atoms. The Morgan fingerprint density at radius 3 is 2.27 bits per heavy atom. The molecule has 0 aromatic heterocycles. The zero-order valence-corrected chi connectivity index (χ0v) is 24.4. The first-order valence-electron chi connectivity index (χ1n) is 13.1. The second-order valence-electron chi connectivity index (χ2n) is 10.9. The number of imide groups is 1. The number of halogens is 2. The fourth-order valence-corrected chi connectivity index (χ4v) is 5.30. The molecule has 1 fully saturated rings. The third-order valence-electron chi connectivity index (χ3n) is 6.46. The summed E-state index contributed by atoms with van der Waals surface area (Å²) in [7, 11) is -5.17. The smallest absolute Gasteiger partial charge is 0.456 e. The van der Waals surface area contributed by atoms with Crippen LogP contribution >= 0.6 is 0 Å². The van der Waals surface area contributed by atoms with Gasteiger partial charge in [-0.2, -0.15) is 13.5 Å². The number of rotatable bonds is 6. The summed E-state index contributed by atoms with van der Waals surface area (Å²) in [5, 5.41) is 10.7. The van der Waals surface area contributed by atoms with Crippen molar-refractivity contribution in [3.63, 3.8) is 0 Å². The SMILES string of the molecule is CC(C)(C)OC(=O)Oc1cc2oc3cc(=O)c(F)cc-3c(-c3ccc(C(O)ON4C(=O)CCC4=O)cc3S(=O)(=O)O)c2cc1F. The Morgan fingerprint density at radius 1 is 0.978 bits per heavy atom. The summed E-state index contributed by atoms with van der Waals surface area (Å²) in [4.78, 5) is 52.2. The maximum atomic E-state index is 15.3. The predicted molar refractivity (Wildman–Crippen MR) is 148 cm³/mol. The van der Waals surface area contributed by atoms with E-state index >= 15 is 4.39 Å². The molecule has 45 heavy (non-hydrogen) atoms. The molecule has 2 aromatic rings. The van der Waals surface area contributed by atoms with Crippen LogP contribution in [0.2, 0.25) is 0 Å². The number of fused-ring (bicyclic) bond motifs is 2. The summed E-state index contributed by atoms with van der Waals surface area (Å²) in [6.07, 6.45) is -3.64. The molecule has 1 saturated heterocycles. The number of hydrogen-bond acceptors (Lipinski definition) is 11. The Hall–Kier alpha value is -4.77. The topological polar surface area (TPSA) is 187 Å². The number of nitrogens with zero attached hydrogens (tertiary/aromatic N) is 1. The van der Waals surface area contributed by atoms with E-state index in [0.29, 0.717) is 5.06 Å². The number of carbonyl (C=O) groups is 3. The average Bonchev–Trinajstić information content (AvgIpc) is 3.24. The van der Waals surface area contributed by atoms with Crippen molar-refractivity contribution in [1.82, 2.24) is 5.06 Å². The molecule has 2 amide bonds. The molecular weight excluding hydrogens is 624 g/mol. The van der Waals surface area contributed by atoms with E-state index in [-0.39, 0.29) is 51.8 Å². The fraction of sp³-hybridized carbons (Fsp3) is 0.241. The van der Waals surface area contributed by atoms with Gasteiger partial charge in [-0.15, -0.1) is 0 Å². The van der Waals surface area contributed by atoms with Crippen molar-refractivity contribution in [2.75, 3.05) is 0 Å². The van der Waals surface area contributed by atoms with Crippen molar-refractivity contribution in [3.8, 4) is 28.2 Å². The zero-order chi connectivity index (χ0) is 33.0. The molecule has 0 bridgehead atoms. The third kappa shape index (κ3) is 6.39. The highest BCUT2D eigenvalue weighted by molar-refractivity contribution is 7.86. The molecular formula is C29H23F2NO12S. The zero-order valence-electron chi connectivity index (χ0n) is 23.6. The van der Waals surface area contributed by atoms with Gasteiger partial charge < -0.3 is 19.0 Å². The molecule has 0 saturated carbocycles. The largest absolute Gasteiger partial charge is 0.514 e. The highest BCUT2D eigenvalue weighted by atomic mass is 32.2. The van der Waals surface area contributed by atoms with E-state index in [1.807, 2.05) is 0 Å². The average molecular weight is 648 g/mol. The van der Waals surface area contributed by atoms with Gasteiger partial charge in [-0.25, -0.2) is 18.4 Å². The van der Waals surface area contributed by atoms with Gasteiger partial charge in [0.1, 0.15) is 21.8 Å². The van der Waals surface area contributed by atoms with Crippen LogP contribution in [0.3, 0.4) is 0 Å². The number of aliphatic hydroxyl groups is 1. The van der Waals surface area contributed by atoms with Crippen LogP contribution in [0.1, 0.15) is 45.5 Å². The number of benzene rings is 3. The van der Waals surface area contributed by atoms with Gasteiger partial charge in [0.15, 0.2) is 17.4 Å². The van der Waals surface area contributed by atoms with E-state index in [1.54, 1.807) is 20.8 Å². The molecule has 2 aromatic carbocycles. The number of carbonyl (C=O) groups excluding carboxylic acids is 3. The summed E-state index contributed by atoms with van der Waals surface area (Å²) < 4.78 is 81.0. The van der Waals surface area contributed by atoms with Gasteiger partial charge in [0, 0.05) is 52.6 Å². The standard InChI is InChI=1S/C29H23F2NO12S/c1-29(2,3)43-28(37)42-22-12-21-16(10-18(22)31)26(15-9-17(30)19(33)11-20(15)41-21)14-5-4-13(8-23(14)45(38,39)40)27(36)44-32-24(34)6-7-25(32)35/h4-5,8-12,27,36H,6-7H2,1-3H3,(H,38,39,40). The molecule has 1 atom stereocenters. The van der Waals surface area contributed by atoms with E-state index in [0.717, 1.165) is 42.5 Å². The quantitative estimate of drug-likeness (QED) is 0.0748. The monoisotopic (exact) mass is 647 g/mol. The van der Waals surface area contributed by atoms with Crippen molar-refractivity contribution < 1.29 is 60.0 Å². The Kier molecular flexibility index (Phi) is 7.95. The minimum Gasteiger partial charge on any atom is -0.456 e. The second-order valence-corrected chi connectivity index (χ2v) is 12.3. The van der Waals surface area contributed by atoms with Gasteiger partial charge in [-0.3, -0.25) is 18.9 Å². The van der Waals surface area contributed by atoms with Gasteiger partial charge in [0.05, 0.1) is 0 Å². The van der Waals surface area contributed by atoms with Gasteiger partial charge in [-0.05, 0) is 39.0 Å². The maximum absolute atomic E-state index is 15.3. The first kappa shape index (κ1) is 31.6. The highest BCUT2D eigenvalue weighted by Gasteiger charge is 2.33. The molecule has 13 nitrogen and oxygen atoms in total. The summed E-state index contributed by atoms with van der Waals surface area (Å²) in [6, 6.07) is 6.12. The van der Waals surface area contributed by atoms with Crippen LogP contribution in [0.25, 0.3) is 33.4 Å². The van der Waals surface area contributed by atoms with Crippen molar-refractivity contribution >= 4 is 39.1 Å². The van der Waals surface area contributed by atoms with Crippen molar-refractivity contribution in [1.29, 1.82) is 0 Å². The molecule has 3 aliphatic rings. The first-order valence-corrected chi connectivity index (χ1v) is 14.5. The van der Waals surface area contributed by atoms with E-state index in [1.165, 1.54) is 0 Å². The number of hydrogen-bond donors (Lipinski definition) is 2. The lowest BCUT2D eigenvalue weighted by molar-refractivity contribution is -0.247. The van der Waals surface area contributed by atoms with Crippen LogP contribution < -0.4 is 10.2 Å². The van der Waals surface area contributed by atoms with E-state index in [4.69, 9.17) is 18.7 Å². The molecule has 236 valence electrons. The van der Waals surface area contributed by atoms with Gasteiger partial charge in [0.2, 0.25) is 11.7 Å². The normalized spacial score (nSPS) is 14.8. The van der Waals surface area contributed by atoms with E-state index in [9.17, 15) is 41.6 Å². The third-order valence-corrected chi connectivity index (χ3v) is 7.35. The predicted octanol–water partition coefficient (Wildman–Crippen LogP) is 4.48. The lowest BCUT2D eigenvalue weighted by Gasteiger charge is -2.21. The molecule has 1 unspecified atom stereocenters. The van der Waals surface area contributed by atoms with Crippen molar-refractivity contribution in [3.05, 3.63) is 69.9 Å². The van der Waals surface area contributed by atoms with Crippen LogP contribution in [0.15, 0.2) is 56.6 Å². The molecule has 1 aliphatic carbocycles. The summed E-state index contributed by atoms with van der Waals surface area (Å²) in [5.41, 5.74) is -3.51. The summed E-state index contributed by atoms with van der Waals surface area (Å²) in [6.45, 7) is 4.65. The molecule has 2 N–H and O–H groups in total. The summed E-state index contributed by atoms with van der Waals surface area (Å²) >= 11 is 0. The van der Waals surface area contributed by atoms with E-state index < -0.39 is 67.7 Å². The van der Waals surface area contributed by atoms with Gasteiger partial charge >= 0.3 is 6.16 Å². The minimum absolute atomic E-state index is 0.164. The Balaban J connectivity index is 1.72. The van der Waals surface area contributed by atoms with Crippen molar-refractivity contribution in [2.24, 2.45) is 0 Å². The van der Waals surface area contributed by atoms with Crippen molar-refractivity contribution in [2.45, 2.75) is 50.4 Å². The first-order chi connectivity index (χ1) is 20.9. The molecule has 2 aliphatic heterocycles. The lowest BCUT2D eigenvalue weighted by atomic mass is 9.92. The van der Waals surface area contributed by atoms with E-state index in [2.05, 4.69) is 0 Å². The summed E-state index contributed by atoms with van der Waals surface area (Å²) in [5.74, 6) is -4.86. The number of aliphatic hydroxyl groups excluding tert-OH is 1. The molecule has 5 rings (SSSR count). The highest BCUT2D eigenvalue weighted by Crippen LogP contribution is 2.44. The number of ether oxygens (including phenoxy) is 2. The van der Waals surface area contributed by atoms with Gasteiger partial charge in [-0.1, -0.05) is 12.1 Å². The van der Waals surface area contributed by atoms with Crippen LogP contribution in [0.4, 0.5) is 13.6 Å².